The molecule has 5 rings (SSSR count). The van der Waals surface area contributed by atoms with Gasteiger partial charge in [0.25, 0.3) is 11.8 Å². The maximum absolute atomic E-state index is 14.2. The number of anilines is 1. The van der Waals surface area contributed by atoms with Gasteiger partial charge in [-0.3, -0.25) is 14.3 Å². The third-order valence-electron chi connectivity index (χ3n) is 9.88. The first-order chi connectivity index (χ1) is 24.9. The van der Waals surface area contributed by atoms with Crippen LogP contribution in [0.1, 0.15) is 95.3 Å². The van der Waals surface area contributed by atoms with Gasteiger partial charge in [0.15, 0.2) is 0 Å². The molecule has 1 heterocycles. The van der Waals surface area contributed by atoms with Crippen molar-refractivity contribution in [2.75, 3.05) is 24.1 Å². The van der Waals surface area contributed by atoms with E-state index in [1.807, 2.05) is 13.8 Å². The lowest BCUT2D eigenvalue weighted by molar-refractivity contribution is -0.137. The molecule has 0 spiro atoms. The van der Waals surface area contributed by atoms with E-state index in [0.717, 1.165) is 56.2 Å². The predicted molar refractivity (Wildman–Crippen MR) is 191 cm³/mol. The zero-order chi connectivity index (χ0) is 38.7. The largest absolute Gasteiger partial charge is 0.416 e. The van der Waals surface area contributed by atoms with E-state index >= 15 is 0 Å². The molecule has 1 saturated carbocycles. The summed E-state index contributed by atoms with van der Waals surface area (Å²) in [4.78, 5) is 29.9. The number of nitrogens with one attached hydrogen (secondary N) is 3. The van der Waals surface area contributed by atoms with Gasteiger partial charge >= 0.3 is 6.18 Å². The van der Waals surface area contributed by atoms with Gasteiger partial charge in [-0.1, -0.05) is 38.8 Å². The summed E-state index contributed by atoms with van der Waals surface area (Å²) in [6.45, 7) is 4.16. The lowest BCUT2D eigenvalue weighted by Gasteiger charge is -2.36. The molecule has 9 nitrogen and oxygen atoms in total. The molecular formula is C38H45F5N4O5S. The smallest absolute Gasteiger partial charge is 0.390 e. The summed E-state index contributed by atoms with van der Waals surface area (Å²) >= 11 is 0. The van der Waals surface area contributed by atoms with Crippen LogP contribution in [0.15, 0.2) is 54.6 Å². The predicted octanol–water partition coefficient (Wildman–Crippen LogP) is 6.30. The summed E-state index contributed by atoms with van der Waals surface area (Å²) in [5.41, 5.74) is -0.650. The van der Waals surface area contributed by atoms with Crippen molar-refractivity contribution in [1.82, 2.24) is 15.5 Å². The highest BCUT2D eigenvalue weighted by Gasteiger charge is 2.45. The Morgan fingerprint density at radius 2 is 1.66 bits per heavy atom. The molecule has 3 aromatic rings. The minimum absolute atomic E-state index is 0.0117. The third kappa shape index (κ3) is 9.92. The topological polar surface area (TPSA) is 128 Å². The molecule has 1 aliphatic carbocycles. The summed E-state index contributed by atoms with van der Waals surface area (Å²) < 4.78 is 95.7. The Morgan fingerprint density at radius 3 is 2.25 bits per heavy atom. The number of aliphatic hydroxyl groups is 1. The van der Waals surface area contributed by atoms with Crippen LogP contribution < -0.4 is 15.4 Å². The number of halogens is 5. The Balaban J connectivity index is 1.46. The van der Waals surface area contributed by atoms with E-state index in [1.54, 1.807) is 11.0 Å². The second-order valence-electron chi connectivity index (χ2n) is 14.1. The number of aliphatic hydroxyl groups excluding tert-OH is 1. The lowest BCUT2D eigenvalue weighted by Crippen LogP contribution is -2.50. The van der Waals surface area contributed by atoms with Crippen LogP contribution in [0.3, 0.4) is 0 Å². The minimum Gasteiger partial charge on any atom is -0.390 e. The van der Waals surface area contributed by atoms with Crippen LogP contribution in [0.2, 0.25) is 0 Å². The second-order valence-corrected chi connectivity index (χ2v) is 15.8. The van der Waals surface area contributed by atoms with Crippen LogP contribution >= 0.6 is 0 Å². The Kier molecular flexibility index (Phi) is 12.2. The average molecular weight is 765 g/mol. The first-order valence-corrected chi connectivity index (χ1v) is 19.6. The van der Waals surface area contributed by atoms with Gasteiger partial charge in [-0.2, -0.15) is 13.2 Å². The number of hydrogen-bond donors (Lipinski definition) is 4. The molecule has 15 heteroatoms. The van der Waals surface area contributed by atoms with Crippen molar-refractivity contribution in [3.63, 3.8) is 0 Å². The van der Waals surface area contributed by atoms with Crippen molar-refractivity contribution >= 4 is 27.5 Å². The third-order valence-corrected chi connectivity index (χ3v) is 10.5. The zero-order valence-corrected chi connectivity index (χ0v) is 30.6. The van der Waals surface area contributed by atoms with Crippen molar-refractivity contribution < 1.29 is 45.1 Å². The molecular weight excluding hydrogens is 719 g/mol. The molecule has 288 valence electrons. The van der Waals surface area contributed by atoms with Crippen molar-refractivity contribution in [2.24, 2.45) is 0 Å². The molecule has 1 fully saturated rings. The van der Waals surface area contributed by atoms with Gasteiger partial charge < -0.3 is 20.6 Å². The van der Waals surface area contributed by atoms with Gasteiger partial charge in [0, 0.05) is 41.9 Å². The van der Waals surface area contributed by atoms with Crippen LogP contribution in [0.25, 0.3) is 0 Å². The van der Waals surface area contributed by atoms with Crippen LogP contribution in [0, 0.1) is 11.6 Å². The number of benzene rings is 3. The fourth-order valence-corrected chi connectivity index (χ4v) is 7.75. The number of carbonyl (C=O) groups is 2. The number of nitrogens with zero attached hydrogens (tertiary/aromatic N) is 1. The van der Waals surface area contributed by atoms with Gasteiger partial charge in [0.05, 0.1) is 29.7 Å². The van der Waals surface area contributed by atoms with E-state index < -0.39 is 57.0 Å². The van der Waals surface area contributed by atoms with Crippen LogP contribution in [0.5, 0.6) is 0 Å². The first-order valence-electron chi connectivity index (χ1n) is 17.8. The first kappa shape index (κ1) is 40.1. The maximum atomic E-state index is 14.2. The van der Waals surface area contributed by atoms with Crippen molar-refractivity contribution in [2.45, 2.75) is 95.1 Å². The Labute approximate surface area is 306 Å². The van der Waals surface area contributed by atoms with Gasteiger partial charge in [0.1, 0.15) is 11.6 Å². The van der Waals surface area contributed by atoms with E-state index in [0.29, 0.717) is 36.6 Å². The monoisotopic (exact) mass is 764 g/mol. The van der Waals surface area contributed by atoms with E-state index in [4.69, 9.17) is 0 Å². The van der Waals surface area contributed by atoms with Crippen LogP contribution in [0.4, 0.5) is 27.6 Å². The standard InChI is InChI=1S/C38H45F5N4O5S/c1-4-7-29(8-5-2)47-14-11-30-31(20-28(46-53(3,51)52)21-32(30)36(47)50)35(49)45-33(17-23-15-26(39)19-27(40)16-23)34(48)22-44-37(12-13-37)24-9-6-10-25(18-24)38(41,42)43/h6,9-10,15-16,18-21,29,33-34,44,46,48H,4-5,7-8,11-14,17,22H2,1-3H3,(H,45,49)/t33-,34-/m0/s1. The van der Waals surface area contributed by atoms with Crippen LogP contribution in [-0.4, -0.2) is 67.8 Å². The Bertz CT molecular complexity index is 1910. The normalized spacial score (nSPS) is 16.6. The number of sulfonamides is 1. The summed E-state index contributed by atoms with van der Waals surface area (Å²) in [5.74, 6) is -2.86. The highest BCUT2D eigenvalue weighted by Crippen LogP contribution is 2.46. The summed E-state index contributed by atoms with van der Waals surface area (Å²) in [5, 5.41) is 17.4. The molecule has 0 unspecified atom stereocenters. The Morgan fingerprint density at radius 1 is 1.00 bits per heavy atom. The van der Waals surface area contributed by atoms with E-state index in [9.17, 15) is 45.1 Å². The summed E-state index contributed by atoms with van der Waals surface area (Å²) in [6.07, 6.45) is -0.778. The maximum Gasteiger partial charge on any atom is 0.416 e. The zero-order valence-electron chi connectivity index (χ0n) is 29.8. The van der Waals surface area contributed by atoms with E-state index in [-0.39, 0.29) is 53.7 Å². The fourth-order valence-electron chi connectivity index (χ4n) is 7.21. The number of carbonyl (C=O) groups excluding carboxylic acids is 2. The summed E-state index contributed by atoms with van der Waals surface area (Å²) in [6, 6.07) is 9.17. The van der Waals surface area contributed by atoms with Crippen molar-refractivity contribution in [3.8, 4) is 0 Å². The fraction of sp³-hybridized carbons (Fsp3) is 0.474. The molecule has 1 aliphatic heterocycles. The molecule has 53 heavy (non-hydrogen) atoms. The van der Waals surface area contributed by atoms with Gasteiger partial charge in [0.2, 0.25) is 10.0 Å². The minimum atomic E-state index is -4.55. The highest BCUT2D eigenvalue weighted by atomic mass is 32.2. The highest BCUT2D eigenvalue weighted by molar-refractivity contribution is 7.92. The quantitative estimate of drug-likeness (QED) is 0.127. The molecule has 0 saturated heterocycles. The van der Waals surface area contributed by atoms with Gasteiger partial charge in [-0.05, 0) is 91.6 Å². The summed E-state index contributed by atoms with van der Waals surface area (Å²) in [7, 11) is -3.83. The second kappa shape index (κ2) is 16.1. The van der Waals surface area contributed by atoms with Crippen LogP contribution in [-0.2, 0) is 34.6 Å². The van der Waals surface area contributed by atoms with Gasteiger partial charge in [-0.25, -0.2) is 17.2 Å². The number of fused-ring (bicyclic) bond motifs is 1. The average Bonchev–Trinajstić information content (AvgIpc) is 3.87. The van der Waals surface area contributed by atoms with Crippen molar-refractivity contribution in [1.29, 1.82) is 0 Å². The lowest BCUT2D eigenvalue weighted by atomic mass is 9.90. The van der Waals surface area contributed by atoms with E-state index in [1.165, 1.54) is 18.2 Å². The molecule has 0 radical (unpaired) electrons. The number of amides is 2. The molecule has 2 atom stereocenters. The number of rotatable bonds is 16. The Hall–Kier alpha value is -4.08. The molecule has 0 bridgehead atoms. The molecule has 2 aliphatic rings. The van der Waals surface area contributed by atoms with E-state index in [2.05, 4.69) is 15.4 Å². The molecule has 0 aromatic heterocycles. The molecule has 4 N–H and O–H groups in total. The molecule has 3 aromatic carbocycles. The molecule has 2 amide bonds. The number of alkyl halides is 3. The SMILES string of the molecule is CCCC(CCC)N1CCc2c(C(=O)N[C@@H](Cc3cc(F)cc(F)c3)[C@@H](O)CNC3(c4cccc(C(F)(F)F)c4)CC3)cc(NS(C)(=O)=O)cc2C1=O. The number of hydrogen-bond acceptors (Lipinski definition) is 6. The van der Waals surface area contributed by atoms with Gasteiger partial charge in [-0.15, -0.1) is 0 Å². The van der Waals surface area contributed by atoms with Crippen molar-refractivity contribution in [3.05, 3.63) is 99.6 Å².